The number of halogens is 1. The first-order valence-electron chi connectivity index (χ1n) is 8.38. The first-order valence-corrected chi connectivity index (χ1v) is 8.38. The number of carbonyl (C=O) groups is 1. The zero-order valence-electron chi connectivity index (χ0n) is 14.6. The topological polar surface area (TPSA) is 60.5 Å². The highest BCUT2D eigenvalue weighted by Crippen LogP contribution is 2.32. The molecule has 0 radical (unpaired) electrons. The third-order valence-electron chi connectivity index (χ3n) is 3.78. The molecule has 1 aromatic heterocycles. The molecule has 6 heteroatoms. The molecule has 0 saturated heterocycles. The molecule has 0 aliphatic carbocycles. The number of pyridine rings is 1. The second kappa shape index (κ2) is 7.82. The summed E-state index contributed by atoms with van der Waals surface area (Å²) in [6, 6.07) is 11.6. The van der Waals surface area contributed by atoms with Gasteiger partial charge in [0.15, 0.2) is 0 Å². The minimum absolute atomic E-state index is 0.231. The maximum atomic E-state index is 14.1. The molecule has 1 heterocycles. The molecule has 0 aliphatic rings. The Balaban J connectivity index is 2.19. The normalized spacial score (nSPS) is 10.6. The van der Waals surface area contributed by atoms with Crippen LogP contribution < -0.4 is 10.1 Å². The highest BCUT2D eigenvalue weighted by Gasteiger charge is 2.18. The second-order valence-corrected chi connectivity index (χ2v) is 5.48. The Labute approximate surface area is 150 Å². The summed E-state index contributed by atoms with van der Waals surface area (Å²) < 4.78 is 24.8. The van der Waals surface area contributed by atoms with Crippen LogP contribution in [0, 0.1) is 5.82 Å². The minimum Gasteiger partial charge on any atom is -0.494 e. The first-order chi connectivity index (χ1) is 12.6. The molecule has 26 heavy (non-hydrogen) atoms. The first kappa shape index (κ1) is 17.7. The van der Waals surface area contributed by atoms with Crippen LogP contribution >= 0.6 is 0 Å². The molecule has 3 aromatic rings. The predicted octanol–water partition coefficient (Wildman–Crippen LogP) is 4.69. The van der Waals surface area contributed by atoms with Gasteiger partial charge in [-0.3, -0.25) is 4.98 Å². The van der Waals surface area contributed by atoms with E-state index in [-0.39, 0.29) is 17.9 Å². The minimum atomic E-state index is -0.525. The summed E-state index contributed by atoms with van der Waals surface area (Å²) in [6.07, 6.45) is 1.43. The number of anilines is 2. The molecule has 3 rings (SSSR count). The maximum Gasteiger partial charge on any atom is 0.341 e. The van der Waals surface area contributed by atoms with E-state index >= 15 is 0 Å². The van der Waals surface area contributed by atoms with E-state index in [0.717, 1.165) is 0 Å². The fourth-order valence-corrected chi connectivity index (χ4v) is 2.62. The van der Waals surface area contributed by atoms with Gasteiger partial charge in [0, 0.05) is 11.6 Å². The van der Waals surface area contributed by atoms with Crippen LogP contribution in [0.3, 0.4) is 0 Å². The summed E-state index contributed by atoms with van der Waals surface area (Å²) in [6.45, 7) is 4.35. The van der Waals surface area contributed by atoms with Crippen LogP contribution in [-0.4, -0.2) is 24.2 Å². The number of esters is 1. The van der Waals surface area contributed by atoms with Crippen LogP contribution in [0.25, 0.3) is 10.9 Å². The lowest BCUT2D eigenvalue weighted by Crippen LogP contribution is -2.09. The maximum absolute atomic E-state index is 14.1. The third-order valence-corrected chi connectivity index (χ3v) is 3.78. The molecular formula is C20H19FN2O3. The van der Waals surface area contributed by atoms with Crippen molar-refractivity contribution in [3.63, 3.8) is 0 Å². The van der Waals surface area contributed by atoms with Gasteiger partial charge in [0.05, 0.1) is 30.1 Å². The Bertz CT molecular complexity index is 943. The summed E-state index contributed by atoms with van der Waals surface area (Å²) in [5.74, 6) is -0.310. The van der Waals surface area contributed by atoms with Gasteiger partial charge in [0.1, 0.15) is 17.1 Å². The number of ether oxygens (including phenoxy) is 2. The van der Waals surface area contributed by atoms with E-state index < -0.39 is 11.8 Å². The van der Waals surface area contributed by atoms with Crippen molar-refractivity contribution in [3.05, 3.63) is 60.0 Å². The number of para-hydroxylation sites is 1. The lowest BCUT2D eigenvalue weighted by Gasteiger charge is -2.15. The van der Waals surface area contributed by atoms with Gasteiger partial charge >= 0.3 is 5.97 Å². The van der Waals surface area contributed by atoms with Gasteiger partial charge in [0.2, 0.25) is 0 Å². The van der Waals surface area contributed by atoms with Crippen molar-refractivity contribution >= 4 is 28.2 Å². The Morgan fingerprint density at radius 2 is 1.96 bits per heavy atom. The summed E-state index contributed by atoms with van der Waals surface area (Å²) in [5.41, 5.74) is 1.57. The van der Waals surface area contributed by atoms with Crippen molar-refractivity contribution in [1.29, 1.82) is 0 Å². The number of fused-ring (bicyclic) bond motifs is 1. The number of aromatic nitrogens is 1. The highest BCUT2D eigenvalue weighted by molar-refractivity contribution is 6.06. The Morgan fingerprint density at radius 1 is 1.15 bits per heavy atom. The van der Waals surface area contributed by atoms with E-state index in [2.05, 4.69) is 10.3 Å². The van der Waals surface area contributed by atoms with Crippen molar-refractivity contribution in [2.24, 2.45) is 0 Å². The van der Waals surface area contributed by atoms with E-state index in [0.29, 0.717) is 28.9 Å². The number of hydrogen-bond acceptors (Lipinski definition) is 5. The van der Waals surface area contributed by atoms with Gasteiger partial charge < -0.3 is 14.8 Å². The van der Waals surface area contributed by atoms with Crippen LogP contribution in [0.1, 0.15) is 24.2 Å². The van der Waals surface area contributed by atoms with Crippen molar-refractivity contribution in [3.8, 4) is 5.75 Å². The molecule has 1 N–H and O–H groups in total. The SMILES string of the molecule is CCOC(=O)c1cnc2ccc(OCC)cc2c1Nc1ccccc1F. The Hall–Kier alpha value is -3.15. The molecule has 0 spiro atoms. The van der Waals surface area contributed by atoms with E-state index in [1.54, 1.807) is 43.3 Å². The van der Waals surface area contributed by atoms with Crippen LogP contribution in [0.5, 0.6) is 5.75 Å². The van der Waals surface area contributed by atoms with Gasteiger partial charge in [-0.15, -0.1) is 0 Å². The van der Waals surface area contributed by atoms with E-state index in [4.69, 9.17) is 9.47 Å². The van der Waals surface area contributed by atoms with Gasteiger partial charge in [-0.25, -0.2) is 9.18 Å². The van der Waals surface area contributed by atoms with Crippen LogP contribution in [0.15, 0.2) is 48.7 Å². The third kappa shape index (κ3) is 3.59. The largest absolute Gasteiger partial charge is 0.494 e. The standard InChI is InChI=1S/C20H19FN2O3/c1-3-25-13-9-10-17-14(11-13)19(15(12-22-17)20(24)26-4-2)23-18-8-6-5-7-16(18)21/h5-12H,3-4H2,1-2H3,(H,22,23). The molecule has 0 bridgehead atoms. The van der Waals surface area contributed by atoms with Crippen LogP contribution in [-0.2, 0) is 4.74 Å². The summed E-state index contributed by atoms with van der Waals surface area (Å²) in [7, 11) is 0. The lowest BCUT2D eigenvalue weighted by atomic mass is 10.1. The molecule has 134 valence electrons. The quantitative estimate of drug-likeness (QED) is 0.651. The highest BCUT2D eigenvalue weighted by atomic mass is 19.1. The number of benzene rings is 2. The molecule has 0 amide bonds. The molecule has 0 unspecified atom stereocenters. The van der Waals surface area contributed by atoms with Gasteiger partial charge in [-0.05, 0) is 44.2 Å². The molecule has 0 fully saturated rings. The van der Waals surface area contributed by atoms with Crippen molar-refractivity contribution in [1.82, 2.24) is 4.98 Å². The van der Waals surface area contributed by atoms with Crippen LogP contribution in [0.4, 0.5) is 15.8 Å². The monoisotopic (exact) mass is 354 g/mol. The zero-order valence-corrected chi connectivity index (χ0v) is 14.6. The number of hydrogen-bond donors (Lipinski definition) is 1. The van der Waals surface area contributed by atoms with Gasteiger partial charge in [0.25, 0.3) is 0 Å². The average Bonchev–Trinajstić information content (AvgIpc) is 2.64. The summed E-state index contributed by atoms with van der Waals surface area (Å²) >= 11 is 0. The molecule has 0 aliphatic heterocycles. The zero-order chi connectivity index (χ0) is 18.5. The summed E-state index contributed by atoms with van der Waals surface area (Å²) in [4.78, 5) is 16.7. The molecule has 0 saturated carbocycles. The van der Waals surface area contributed by atoms with Crippen molar-refractivity contribution in [2.75, 3.05) is 18.5 Å². The van der Waals surface area contributed by atoms with Gasteiger partial charge in [-0.1, -0.05) is 12.1 Å². The number of nitrogens with zero attached hydrogens (tertiary/aromatic N) is 1. The Kier molecular flexibility index (Phi) is 5.31. The number of carbonyl (C=O) groups excluding carboxylic acids is 1. The van der Waals surface area contributed by atoms with E-state index in [9.17, 15) is 9.18 Å². The smallest absolute Gasteiger partial charge is 0.341 e. The van der Waals surface area contributed by atoms with Crippen molar-refractivity contribution < 1.29 is 18.7 Å². The summed E-state index contributed by atoms with van der Waals surface area (Å²) in [5, 5.41) is 3.66. The van der Waals surface area contributed by atoms with Gasteiger partial charge in [-0.2, -0.15) is 0 Å². The molecule has 5 nitrogen and oxygen atoms in total. The Morgan fingerprint density at radius 3 is 2.69 bits per heavy atom. The van der Waals surface area contributed by atoms with Crippen LogP contribution in [0.2, 0.25) is 0 Å². The number of nitrogens with one attached hydrogen (secondary N) is 1. The fourth-order valence-electron chi connectivity index (χ4n) is 2.62. The average molecular weight is 354 g/mol. The molecule has 2 aromatic carbocycles. The lowest BCUT2D eigenvalue weighted by molar-refractivity contribution is 0.0527. The predicted molar refractivity (Wildman–Crippen MR) is 98.6 cm³/mol. The fraction of sp³-hybridized carbons (Fsp3) is 0.200. The molecular weight excluding hydrogens is 335 g/mol. The second-order valence-electron chi connectivity index (χ2n) is 5.48. The van der Waals surface area contributed by atoms with Crippen molar-refractivity contribution in [2.45, 2.75) is 13.8 Å². The number of rotatable bonds is 6. The van der Waals surface area contributed by atoms with E-state index in [1.807, 2.05) is 6.92 Å². The van der Waals surface area contributed by atoms with E-state index in [1.165, 1.54) is 12.3 Å². The molecule has 0 atom stereocenters.